The molecule has 84 valence electrons. The normalized spacial score (nSPS) is 16.1. The van der Waals surface area contributed by atoms with Gasteiger partial charge in [0.2, 0.25) is 5.91 Å². The number of nitrogens with zero attached hydrogens (tertiary/aromatic N) is 1. The summed E-state index contributed by atoms with van der Waals surface area (Å²) in [4.78, 5) is 23.6. The smallest absolute Gasteiger partial charge is 0.313 e. The molecule has 0 aromatic carbocycles. The number of carboxylic acids is 1. The molecule has 0 aromatic heterocycles. The van der Waals surface area contributed by atoms with Crippen molar-refractivity contribution in [2.45, 2.75) is 13.3 Å². The van der Waals surface area contributed by atoms with Crippen molar-refractivity contribution in [1.82, 2.24) is 4.90 Å². The summed E-state index contributed by atoms with van der Waals surface area (Å²) < 4.78 is 0. The first-order valence-corrected chi connectivity index (χ1v) is 5.98. The summed E-state index contributed by atoms with van der Waals surface area (Å²) in [5.74, 6) is -0.579. The minimum absolute atomic E-state index is 0.00555. The fourth-order valence-corrected chi connectivity index (χ4v) is 2.08. The topological polar surface area (TPSA) is 57.6 Å². The van der Waals surface area contributed by atoms with Gasteiger partial charge in [-0.2, -0.15) is 0 Å². The van der Waals surface area contributed by atoms with Crippen LogP contribution in [-0.4, -0.2) is 46.5 Å². The Balaban J connectivity index is 2.28. The van der Waals surface area contributed by atoms with Gasteiger partial charge < -0.3 is 10.0 Å². The molecule has 0 atom stereocenters. The third kappa shape index (κ3) is 4.38. The highest BCUT2D eigenvalue weighted by molar-refractivity contribution is 8.00. The Kier molecular flexibility index (Phi) is 4.68. The number of thioether (sulfide) groups is 1. The molecule has 0 unspecified atom stereocenters. The van der Waals surface area contributed by atoms with Crippen LogP contribution in [0, 0.1) is 0 Å². The highest BCUT2D eigenvalue weighted by atomic mass is 32.2. The van der Waals surface area contributed by atoms with Crippen molar-refractivity contribution < 1.29 is 14.7 Å². The molecule has 1 rings (SSSR count). The Morgan fingerprint density at radius 3 is 2.87 bits per heavy atom. The Morgan fingerprint density at radius 2 is 2.27 bits per heavy atom. The fourth-order valence-electron chi connectivity index (χ4n) is 1.44. The monoisotopic (exact) mass is 229 g/mol. The highest BCUT2D eigenvalue weighted by Gasteiger charge is 2.16. The van der Waals surface area contributed by atoms with Gasteiger partial charge in [-0.3, -0.25) is 9.59 Å². The number of hydrogen-bond acceptors (Lipinski definition) is 3. The summed E-state index contributed by atoms with van der Waals surface area (Å²) in [6, 6.07) is 0. The van der Waals surface area contributed by atoms with Crippen molar-refractivity contribution in [2.24, 2.45) is 0 Å². The van der Waals surface area contributed by atoms with Gasteiger partial charge in [0.1, 0.15) is 0 Å². The molecule has 0 aliphatic carbocycles. The molecule has 1 amide bonds. The van der Waals surface area contributed by atoms with Gasteiger partial charge in [-0.25, -0.2) is 0 Å². The molecule has 0 radical (unpaired) electrons. The van der Waals surface area contributed by atoms with E-state index in [1.165, 1.54) is 5.57 Å². The van der Waals surface area contributed by atoms with E-state index in [1.807, 2.05) is 6.92 Å². The Bertz CT molecular complexity index is 288. The fraction of sp³-hybridized carbons (Fsp3) is 0.600. The zero-order chi connectivity index (χ0) is 11.3. The highest BCUT2D eigenvalue weighted by Crippen LogP contribution is 2.11. The number of carbonyl (C=O) groups is 2. The van der Waals surface area contributed by atoms with Crippen LogP contribution in [-0.2, 0) is 9.59 Å². The average molecular weight is 229 g/mol. The van der Waals surface area contributed by atoms with Crippen LogP contribution in [0.25, 0.3) is 0 Å². The minimum atomic E-state index is -0.873. The molecular weight excluding hydrogens is 214 g/mol. The maximum atomic E-state index is 11.6. The second kappa shape index (κ2) is 5.80. The third-order valence-corrected chi connectivity index (χ3v) is 3.04. The number of amides is 1. The molecule has 1 heterocycles. The first kappa shape index (κ1) is 12.1. The molecule has 1 N–H and O–H groups in total. The van der Waals surface area contributed by atoms with Gasteiger partial charge in [-0.05, 0) is 13.3 Å². The van der Waals surface area contributed by atoms with E-state index in [0.717, 1.165) is 24.7 Å². The predicted octanol–water partition coefficient (Wildman–Crippen LogP) is 0.983. The van der Waals surface area contributed by atoms with Gasteiger partial charge in [0.25, 0.3) is 0 Å². The maximum absolute atomic E-state index is 11.6. The lowest BCUT2D eigenvalue weighted by molar-refractivity contribution is -0.133. The first-order valence-electron chi connectivity index (χ1n) is 4.82. The molecule has 5 heteroatoms. The summed E-state index contributed by atoms with van der Waals surface area (Å²) in [6.07, 6.45) is 3.04. The second-order valence-corrected chi connectivity index (χ2v) is 4.53. The van der Waals surface area contributed by atoms with E-state index in [9.17, 15) is 9.59 Å². The lowest BCUT2D eigenvalue weighted by Crippen LogP contribution is -2.36. The molecule has 0 aromatic rings. The van der Waals surface area contributed by atoms with Gasteiger partial charge in [0.05, 0.1) is 11.5 Å². The molecule has 0 saturated heterocycles. The third-order valence-electron chi connectivity index (χ3n) is 2.14. The number of carboxylic acid groups (broad SMARTS) is 1. The lowest BCUT2D eigenvalue weighted by Gasteiger charge is -2.25. The van der Waals surface area contributed by atoms with Gasteiger partial charge in [-0.15, -0.1) is 11.8 Å². The summed E-state index contributed by atoms with van der Waals surface area (Å²) in [6.45, 7) is 3.44. The van der Waals surface area contributed by atoms with Gasteiger partial charge in [0, 0.05) is 13.1 Å². The van der Waals surface area contributed by atoms with Crippen LogP contribution in [0.5, 0.6) is 0 Å². The van der Waals surface area contributed by atoms with Crippen molar-refractivity contribution in [1.29, 1.82) is 0 Å². The van der Waals surface area contributed by atoms with E-state index in [1.54, 1.807) is 4.90 Å². The van der Waals surface area contributed by atoms with Crippen molar-refractivity contribution in [2.75, 3.05) is 24.6 Å². The summed E-state index contributed by atoms with van der Waals surface area (Å²) in [7, 11) is 0. The summed E-state index contributed by atoms with van der Waals surface area (Å²) >= 11 is 1.15. The molecule has 0 spiro atoms. The molecule has 0 bridgehead atoms. The van der Waals surface area contributed by atoms with Crippen molar-refractivity contribution in [3.05, 3.63) is 11.6 Å². The van der Waals surface area contributed by atoms with Crippen LogP contribution in [0.1, 0.15) is 13.3 Å². The zero-order valence-corrected chi connectivity index (χ0v) is 9.55. The van der Waals surface area contributed by atoms with E-state index in [-0.39, 0.29) is 17.4 Å². The van der Waals surface area contributed by atoms with Crippen molar-refractivity contribution in [3.63, 3.8) is 0 Å². The number of aliphatic carboxylic acids is 1. The SMILES string of the molecule is CC1=CCCN(C(=O)CSCC(=O)O)C1. The van der Waals surface area contributed by atoms with Gasteiger partial charge in [0.15, 0.2) is 0 Å². The molecular formula is C10H15NO3S. The van der Waals surface area contributed by atoms with Gasteiger partial charge >= 0.3 is 5.97 Å². The molecule has 0 fully saturated rings. The van der Waals surface area contributed by atoms with Crippen molar-refractivity contribution >= 4 is 23.6 Å². The summed E-state index contributed by atoms with van der Waals surface area (Å²) in [5, 5.41) is 8.42. The van der Waals surface area contributed by atoms with E-state index in [4.69, 9.17) is 5.11 Å². The van der Waals surface area contributed by atoms with Crippen LogP contribution < -0.4 is 0 Å². The van der Waals surface area contributed by atoms with E-state index < -0.39 is 5.97 Å². The Hall–Kier alpha value is -0.970. The standard InChI is InChI=1S/C10H15NO3S/c1-8-3-2-4-11(5-8)9(12)6-15-7-10(13)14/h3H,2,4-7H2,1H3,(H,13,14). The Labute approximate surface area is 93.3 Å². The predicted molar refractivity (Wildman–Crippen MR) is 59.9 cm³/mol. The summed E-state index contributed by atoms with van der Waals surface area (Å²) in [5.41, 5.74) is 1.21. The van der Waals surface area contributed by atoms with Gasteiger partial charge in [-0.1, -0.05) is 11.6 Å². The minimum Gasteiger partial charge on any atom is -0.481 e. The van der Waals surface area contributed by atoms with Crippen LogP contribution in [0.15, 0.2) is 11.6 Å². The average Bonchev–Trinajstić information content (AvgIpc) is 2.17. The van der Waals surface area contributed by atoms with Crippen molar-refractivity contribution in [3.8, 4) is 0 Å². The first-order chi connectivity index (χ1) is 7.09. The molecule has 4 nitrogen and oxygen atoms in total. The Morgan fingerprint density at radius 1 is 1.53 bits per heavy atom. The quantitative estimate of drug-likeness (QED) is 0.730. The van der Waals surface area contributed by atoms with Crippen LogP contribution in [0.4, 0.5) is 0 Å². The zero-order valence-electron chi connectivity index (χ0n) is 8.73. The largest absolute Gasteiger partial charge is 0.481 e. The van der Waals surface area contributed by atoms with E-state index >= 15 is 0 Å². The molecule has 1 aliphatic rings. The van der Waals surface area contributed by atoms with Crippen LogP contribution in [0.3, 0.4) is 0 Å². The number of hydrogen-bond donors (Lipinski definition) is 1. The van der Waals surface area contributed by atoms with E-state index in [2.05, 4.69) is 6.08 Å². The molecule has 1 aliphatic heterocycles. The maximum Gasteiger partial charge on any atom is 0.313 e. The molecule has 0 saturated carbocycles. The number of carbonyl (C=O) groups excluding carboxylic acids is 1. The second-order valence-electron chi connectivity index (χ2n) is 3.54. The van der Waals surface area contributed by atoms with Crippen LogP contribution >= 0.6 is 11.8 Å². The lowest BCUT2D eigenvalue weighted by atomic mass is 10.1. The number of rotatable bonds is 4. The van der Waals surface area contributed by atoms with E-state index in [0.29, 0.717) is 6.54 Å². The molecule has 15 heavy (non-hydrogen) atoms. The van der Waals surface area contributed by atoms with Crippen LogP contribution in [0.2, 0.25) is 0 Å².